The summed E-state index contributed by atoms with van der Waals surface area (Å²) in [6.45, 7) is 5.37. The number of nitrogens with two attached hydrogens (primary N) is 1. The average molecular weight is 324 g/mol. The summed E-state index contributed by atoms with van der Waals surface area (Å²) < 4.78 is 43.3. The SMILES string of the molecule is CC(C)(C)CN(C(=O)C(F)(F)F)C1CCC(OC(N)=O)CC1. The first-order valence-electron chi connectivity index (χ1n) is 7.24. The van der Waals surface area contributed by atoms with Crippen LogP contribution in [0.25, 0.3) is 0 Å². The van der Waals surface area contributed by atoms with Gasteiger partial charge in [-0.25, -0.2) is 4.79 Å². The van der Waals surface area contributed by atoms with Gasteiger partial charge in [0.1, 0.15) is 6.10 Å². The van der Waals surface area contributed by atoms with Crippen molar-refractivity contribution in [2.24, 2.45) is 11.1 Å². The van der Waals surface area contributed by atoms with Crippen LogP contribution in [0, 0.1) is 5.41 Å². The number of hydrogen-bond acceptors (Lipinski definition) is 3. The highest BCUT2D eigenvalue weighted by Crippen LogP contribution is 2.31. The van der Waals surface area contributed by atoms with E-state index in [4.69, 9.17) is 10.5 Å². The number of hydrogen-bond donors (Lipinski definition) is 1. The number of carbonyl (C=O) groups is 2. The van der Waals surface area contributed by atoms with E-state index in [2.05, 4.69) is 0 Å². The first-order valence-corrected chi connectivity index (χ1v) is 7.24. The van der Waals surface area contributed by atoms with Gasteiger partial charge in [0.25, 0.3) is 0 Å². The van der Waals surface area contributed by atoms with Gasteiger partial charge in [0.15, 0.2) is 0 Å². The fourth-order valence-electron chi connectivity index (χ4n) is 2.68. The minimum Gasteiger partial charge on any atom is -0.446 e. The van der Waals surface area contributed by atoms with E-state index in [0.29, 0.717) is 25.7 Å². The Bertz CT molecular complexity index is 411. The lowest BCUT2D eigenvalue weighted by Crippen LogP contribution is -2.51. The van der Waals surface area contributed by atoms with Crippen molar-refractivity contribution in [1.29, 1.82) is 0 Å². The molecule has 0 aromatic rings. The molecular formula is C14H23F3N2O3. The van der Waals surface area contributed by atoms with E-state index >= 15 is 0 Å². The number of amides is 2. The number of rotatable bonds is 3. The van der Waals surface area contributed by atoms with Gasteiger partial charge >= 0.3 is 18.2 Å². The number of carbonyl (C=O) groups excluding carboxylic acids is 2. The maximum atomic E-state index is 12.8. The normalized spacial score (nSPS) is 23.0. The molecule has 0 saturated heterocycles. The summed E-state index contributed by atoms with van der Waals surface area (Å²) in [5.74, 6) is -1.80. The third-order valence-corrected chi connectivity index (χ3v) is 3.52. The van der Waals surface area contributed by atoms with E-state index in [9.17, 15) is 22.8 Å². The zero-order chi connectivity index (χ0) is 17.1. The molecule has 22 heavy (non-hydrogen) atoms. The number of ether oxygens (including phenoxy) is 1. The second-order valence-electron chi connectivity index (χ2n) is 6.86. The van der Waals surface area contributed by atoms with E-state index in [-0.39, 0.29) is 12.6 Å². The lowest BCUT2D eigenvalue weighted by Gasteiger charge is -2.39. The Kier molecular flexibility index (Phi) is 5.70. The van der Waals surface area contributed by atoms with Crippen molar-refractivity contribution >= 4 is 12.0 Å². The first kappa shape index (κ1) is 18.6. The molecule has 1 aliphatic carbocycles. The van der Waals surface area contributed by atoms with Crippen molar-refractivity contribution in [3.05, 3.63) is 0 Å². The van der Waals surface area contributed by atoms with Gasteiger partial charge in [-0.1, -0.05) is 20.8 Å². The molecule has 0 unspecified atom stereocenters. The molecule has 0 atom stereocenters. The van der Waals surface area contributed by atoms with E-state index in [1.807, 2.05) is 0 Å². The zero-order valence-electron chi connectivity index (χ0n) is 13.1. The molecule has 2 amide bonds. The van der Waals surface area contributed by atoms with E-state index in [1.165, 1.54) is 0 Å². The molecule has 2 N–H and O–H groups in total. The van der Waals surface area contributed by atoms with Gasteiger partial charge in [0.2, 0.25) is 0 Å². The Labute approximate surface area is 128 Å². The lowest BCUT2D eigenvalue weighted by molar-refractivity contribution is -0.190. The lowest BCUT2D eigenvalue weighted by atomic mass is 9.89. The van der Waals surface area contributed by atoms with Gasteiger partial charge in [0, 0.05) is 12.6 Å². The van der Waals surface area contributed by atoms with E-state index in [0.717, 1.165) is 4.90 Å². The van der Waals surface area contributed by atoms with Crippen LogP contribution in [-0.4, -0.2) is 41.8 Å². The average Bonchev–Trinajstić information content (AvgIpc) is 2.33. The summed E-state index contributed by atoms with van der Waals surface area (Å²) >= 11 is 0. The Morgan fingerprint density at radius 3 is 2.00 bits per heavy atom. The van der Waals surface area contributed by atoms with Crippen LogP contribution in [0.4, 0.5) is 18.0 Å². The van der Waals surface area contributed by atoms with Gasteiger partial charge in [-0.05, 0) is 31.1 Å². The van der Waals surface area contributed by atoms with Crippen molar-refractivity contribution in [3.63, 3.8) is 0 Å². The van der Waals surface area contributed by atoms with Gasteiger partial charge < -0.3 is 15.4 Å². The monoisotopic (exact) mass is 324 g/mol. The van der Waals surface area contributed by atoms with E-state index < -0.39 is 29.6 Å². The molecule has 0 aliphatic heterocycles. The van der Waals surface area contributed by atoms with Crippen LogP contribution >= 0.6 is 0 Å². The molecule has 128 valence electrons. The van der Waals surface area contributed by atoms with Crippen LogP contribution < -0.4 is 5.73 Å². The molecule has 5 nitrogen and oxygen atoms in total. The molecule has 0 aromatic heterocycles. The summed E-state index contributed by atoms with van der Waals surface area (Å²) in [4.78, 5) is 23.3. The Morgan fingerprint density at radius 2 is 1.64 bits per heavy atom. The summed E-state index contributed by atoms with van der Waals surface area (Å²) in [6, 6.07) is -0.499. The second kappa shape index (κ2) is 6.75. The van der Waals surface area contributed by atoms with Gasteiger partial charge in [-0.15, -0.1) is 0 Å². The van der Waals surface area contributed by atoms with Crippen LogP contribution in [0.3, 0.4) is 0 Å². The topological polar surface area (TPSA) is 72.6 Å². The second-order valence-corrected chi connectivity index (χ2v) is 6.86. The highest BCUT2D eigenvalue weighted by atomic mass is 19.4. The minimum absolute atomic E-state index is 0.0252. The number of alkyl halides is 3. The smallest absolute Gasteiger partial charge is 0.446 e. The van der Waals surface area contributed by atoms with Crippen molar-refractivity contribution in [2.75, 3.05) is 6.54 Å². The highest BCUT2D eigenvalue weighted by Gasteiger charge is 2.46. The predicted molar refractivity (Wildman–Crippen MR) is 73.9 cm³/mol. The third kappa shape index (κ3) is 5.73. The number of primary amides is 1. The van der Waals surface area contributed by atoms with Crippen molar-refractivity contribution < 1.29 is 27.5 Å². The summed E-state index contributed by atoms with van der Waals surface area (Å²) in [5, 5.41) is 0. The summed E-state index contributed by atoms with van der Waals surface area (Å²) in [5.41, 5.74) is 4.49. The Balaban J connectivity index is 2.77. The molecule has 0 heterocycles. The quantitative estimate of drug-likeness (QED) is 0.867. The fourth-order valence-corrected chi connectivity index (χ4v) is 2.68. The third-order valence-electron chi connectivity index (χ3n) is 3.52. The van der Waals surface area contributed by atoms with Crippen LogP contribution in [0.1, 0.15) is 46.5 Å². The molecule has 1 aliphatic rings. The molecular weight excluding hydrogens is 301 g/mol. The molecule has 0 aromatic carbocycles. The van der Waals surface area contributed by atoms with Crippen LogP contribution in [0.15, 0.2) is 0 Å². The predicted octanol–water partition coefficient (Wildman–Crippen LogP) is 2.83. The largest absolute Gasteiger partial charge is 0.471 e. The van der Waals surface area contributed by atoms with Crippen molar-refractivity contribution in [2.45, 2.75) is 64.8 Å². The van der Waals surface area contributed by atoms with E-state index in [1.54, 1.807) is 20.8 Å². The van der Waals surface area contributed by atoms with Gasteiger partial charge in [0.05, 0.1) is 0 Å². The minimum atomic E-state index is -4.88. The van der Waals surface area contributed by atoms with Crippen molar-refractivity contribution in [3.8, 4) is 0 Å². The maximum absolute atomic E-state index is 12.8. The van der Waals surface area contributed by atoms with Crippen molar-refractivity contribution in [1.82, 2.24) is 4.90 Å². The maximum Gasteiger partial charge on any atom is 0.471 e. The molecule has 1 fully saturated rings. The Hall–Kier alpha value is -1.47. The van der Waals surface area contributed by atoms with Gasteiger partial charge in [-0.3, -0.25) is 4.79 Å². The number of halogens is 3. The molecule has 0 bridgehead atoms. The molecule has 0 spiro atoms. The molecule has 0 radical (unpaired) electrons. The summed E-state index contributed by atoms with van der Waals surface area (Å²) in [6.07, 6.45) is -4.64. The van der Waals surface area contributed by atoms with Crippen LogP contribution in [0.5, 0.6) is 0 Å². The highest BCUT2D eigenvalue weighted by molar-refractivity contribution is 5.82. The fraction of sp³-hybridized carbons (Fsp3) is 0.857. The zero-order valence-corrected chi connectivity index (χ0v) is 13.1. The van der Waals surface area contributed by atoms with Crippen LogP contribution in [0.2, 0.25) is 0 Å². The first-order chi connectivity index (χ1) is 9.90. The Morgan fingerprint density at radius 1 is 1.14 bits per heavy atom. The molecule has 1 saturated carbocycles. The standard InChI is InChI=1S/C14H23F3N2O3/c1-13(2,3)8-19(11(20)14(15,16)17)9-4-6-10(7-5-9)22-12(18)21/h9-10H,4-8H2,1-3H3,(H2,18,21). The molecule has 8 heteroatoms. The summed E-state index contributed by atoms with van der Waals surface area (Å²) in [7, 11) is 0. The molecule has 1 rings (SSSR count). The van der Waals surface area contributed by atoms with Gasteiger partial charge in [-0.2, -0.15) is 13.2 Å². The number of nitrogens with zero attached hydrogens (tertiary/aromatic N) is 1. The van der Waals surface area contributed by atoms with Crippen LogP contribution in [-0.2, 0) is 9.53 Å².